The smallest absolute Gasteiger partial charge is 0.189 e. The number of halogens is 1. The number of allylic oxidation sites excluding steroid dienone is 2. The topological polar surface area (TPSA) is 56.1 Å². The first-order valence-electron chi connectivity index (χ1n) is 10.3. The van der Waals surface area contributed by atoms with E-state index in [2.05, 4.69) is 13.8 Å². The van der Waals surface area contributed by atoms with Gasteiger partial charge < -0.3 is 4.57 Å². The normalized spacial score (nSPS) is 16.7. The van der Waals surface area contributed by atoms with Crippen molar-refractivity contribution in [1.82, 2.24) is 4.57 Å². The zero-order valence-electron chi connectivity index (χ0n) is 17.8. The fourth-order valence-corrected chi connectivity index (χ4v) is 3.59. The van der Waals surface area contributed by atoms with Gasteiger partial charge in [0.1, 0.15) is 11.6 Å². The van der Waals surface area contributed by atoms with Crippen LogP contribution in [0, 0.1) is 12.2 Å². The van der Waals surface area contributed by atoms with Crippen LogP contribution in [0.3, 0.4) is 0 Å². The second-order valence-corrected chi connectivity index (χ2v) is 7.04. The lowest BCUT2D eigenvalue weighted by Gasteiger charge is -2.25. The Balaban J connectivity index is 0.000000551. The maximum Gasteiger partial charge on any atom is 0.189 e. The van der Waals surface area contributed by atoms with Crippen LogP contribution in [0.25, 0.3) is 10.9 Å². The van der Waals surface area contributed by atoms with Crippen molar-refractivity contribution < 1.29 is 18.8 Å². The van der Waals surface area contributed by atoms with E-state index in [9.17, 15) is 18.8 Å². The highest BCUT2D eigenvalue weighted by molar-refractivity contribution is 6.17. The minimum atomic E-state index is -1.03. The summed E-state index contributed by atoms with van der Waals surface area (Å²) in [7, 11) is 0. The first-order chi connectivity index (χ1) is 13.9. The van der Waals surface area contributed by atoms with Crippen molar-refractivity contribution in [3.63, 3.8) is 0 Å². The fraction of sp³-hybridized carbons (Fsp3) is 0.417. The van der Waals surface area contributed by atoms with E-state index < -0.39 is 11.9 Å². The molecule has 4 rings (SSSR count). The molecule has 1 atom stereocenters. The summed E-state index contributed by atoms with van der Waals surface area (Å²) < 4.78 is 16.1. The van der Waals surface area contributed by atoms with Gasteiger partial charge in [-0.25, -0.2) is 4.39 Å². The molecule has 0 amide bonds. The Labute approximate surface area is 171 Å². The van der Waals surface area contributed by atoms with Gasteiger partial charge in [0.15, 0.2) is 17.6 Å². The lowest BCUT2D eigenvalue weighted by Crippen LogP contribution is -2.33. The van der Waals surface area contributed by atoms with Gasteiger partial charge in [-0.05, 0) is 25.0 Å². The average molecular weight is 398 g/mol. The molecule has 2 aliphatic rings. The van der Waals surface area contributed by atoms with E-state index in [-0.39, 0.29) is 35.7 Å². The number of ketones is 3. The van der Waals surface area contributed by atoms with Gasteiger partial charge in [-0.15, -0.1) is 0 Å². The highest BCUT2D eigenvalue weighted by Gasteiger charge is 2.39. The molecule has 0 spiro atoms. The molecule has 0 saturated carbocycles. The number of para-hydroxylation sites is 1. The summed E-state index contributed by atoms with van der Waals surface area (Å²) in [6, 6.07) is 3.62. The van der Waals surface area contributed by atoms with Crippen LogP contribution >= 0.6 is 0 Å². The van der Waals surface area contributed by atoms with Crippen LogP contribution in [0.5, 0.6) is 0 Å². The summed E-state index contributed by atoms with van der Waals surface area (Å²) in [5, 5.41) is 0.612. The molecule has 1 aromatic carbocycles. The number of aromatic nitrogens is 1. The standard InChI is InChI=1S/C19H15FNO3.C3H8.C2H6/c1-10(22)9-13-12-3-2-4-14(20)17(12)21-15(13)7-8-16(23)18(21)19(24)11-5-6-11;1-3-2;1-2/h2-6,18H,7-9H2,1H3;3H2,1-2H3;1-2H3. The van der Waals surface area contributed by atoms with E-state index in [1.807, 2.05) is 13.8 Å². The average Bonchev–Trinajstić information content (AvgIpc) is 3.49. The molecule has 1 aromatic heterocycles. The SMILES string of the molecule is CC.CC(=O)Cc1c2n(c3c(F)cccc13)C(C(=O)C1=C[CH]1)C(=O)CC2.CCC. The maximum atomic E-state index is 14.6. The van der Waals surface area contributed by atoms with Crippen LogP contribution in [0.4, 0.5) is 4.39 Å². The van der Waals surface area contributed by atoms with Gasteiger partial charge in [0.25, 0.3) is 0 Å². The van der Waals surface area contributed by atoms with Crippen LogP contribution in [-0.2, 0) is 27.2 Å². The number of carbonyl (C=O) groups excluding carboxylic acids is 3. The predicted octanol–water partition coefficient (Wildman–Crippen LogP) is 5.12. The molecule has 155 valence electrons. The van der Waals surface area contributed by atoms with E-state index in [1.54, 1.807) is 24.6 Å². The molecular formula is C24H29FNO3. The molecule has 5 heteroatoms. The van der Waals surface area contributed by atoms with Crippen molar-refractivity contribution in [2.45, 2.75) is 66.3 Å². The molecule has 0 fully saturated rings. The summed E-state index contributed by atoms with van der Waals surface area (Å²) in [6.45, 7) is 9.73. The lowest BCUT2D eigenvalue weighted by molar-refractivity contribution is -0.130. The number of Topliss-reactive ketones (excluding diaryl/α,β-unsaturated/α-hetero) is 3. The largest absolute Gasteiger partial charge is 0.324 e. The highest BCUT2D eigenvalue weighted by atomic mass is 19.1. The maximum absolute atomic E-state index is 14.6. The number of rotatable bonds is 4. The van der Waals surface area contributed by atoms with Crippen molar-refractivity contribution in [3.05, 3.63) is 53.3 Å². The highest BCUT2D eigenvalue weighted by Crippen LogP contribution is 2.38. The van der Waals surface area contributed by atoms with Crippen molar-refractivity contribution in [3.8, 4) is 0 Å². The molecule has 1 unspecified atom stereocenters. The molecule has 4 nitrogen and oxygen atoms in total. The summed E-state index contributed by atoms with van der Waals surface area (Å²) in [5.74, 6) is -1.02. The van der Waals surface area contributed by atoms with Gasteiger partial charge >= 0.3 is 0 Å². The Morgan fingerprint density at radius 3 is 2.34 bits per heavy atom. The number of carbonyl (C=O) groups is 3. The lowest BCUT2D eigenvalue weighted by atomic mass is 9.94. The fourth-order valence-electron chi connectivity index (χ4n) is 3.59. The Kier molecular flexibility index (Phi) is 7.66. The molecule has 2 heterocycles. The molecule has 0 N–H and O–H groups in total. The molecule has 0 bridgehead atoms. The molecule has 1 radical (unpaired) electrons. The molecule has 1 aliphatic carbocycles. The molecule has 0 saturated heterocycles. The monoisotopic (exact) mass is 398 g/mol. The van der Waals surface area contributed by atoms with Gasteiger partial charge in [0.2, 0.25) is 0 Å². The van der Waals surface area contributed by atoms with Gasteiger partial charge in [-0.1, -0.05) is 52.3 Å². The quantitative estimate of drug-likeness (QED) is 0.672. The summed E-state index contributed by atoms with van der Waals surface area (Å²) in [5.41, 5.74) is 2.21. The Bertz CT molecular complexity index is 968. The van der Waals surface area contributed by atoms with Crippen molar-refractivity contribution >= 4 is 28.3 Å². The number of benzene rings is 1. The van der Waals surface area contributed by atoms with Gasteiger partial charge in [-0.3, -0.25) is 14.4 Å². The van der Waals surface area contributed by atoms with E-state index in [0.29, 0.717) is 17.4 Å². The second-order valence-electron chi connectivity index (χ2n) is 7.04. The number of fused-ring (bicyclic) bond motifs is 3. The number of hydrogen-bond donors (Lipinski definition) is 0. The molecule has 29 heavy (non-hydrogen) atoms. The zero-order chi connectivity index (χ0) is 21.7. The van der Waals surface area contributed by atoms with Crippen LogP contribution in [0.15, 0.2) is 29.8 Å². The summed E-state index contributed by atoms with van der Waals surface area (Å²) >= 11 is 0. The third-order valence-electron chi connectivity index (χ3n) is 4.66. The number of nitrogens with zero attached hydrogens (tertiary/aromatic N) is 1. The third kappa shape index (κ3) is 4.55. The Morgan fingerprint density at radius 2 is 1.79 bits per heavy atom. The van der Waals surface area contributed by atoms with Crippen LogP contribution in [0.2, 0.25) is 0 Å². The first-order valence-corrected chi connectivity index (χ1v) is 10.3. The summed E-state index contributed by atoms with van der Waals surface area (Å²) in [4.78, 5) is 36.7. The third-order valence-corrected chi connectivity index (χ3v) is 4.66. The minimum Gasteiger partial charge on any atom is -0.324 e. The van der Waals surface area contributed by atoms with E-state index >= 15 is 0 Å². The second kappa shape index (κ2) is 9.77. The van der Waals surface area contributed by atoms with E-state index in [4.69, 9.17) is 0 Å². The number of hydrogen-bond acceptors (Lipinski definition) is 3. The van der Waals surface area contributed by atoms with E-state index in [0.717, 1.165) is 11.3 Å². The van der Waals surface area contributed by atoms with Gasteiger partial charge in [0, 0.05) is 35.9 Å². The van der Waals surface area contributed by atoms with Crippen LogP contribution in [0.1, 0.15) is 64.8 Å². The van der Waals surface area contributed by atoms with Crippen LogP contribution in [-0.4, -0.2) is 21.9 Å². The van der Waals surface area contributed by atoms with Gasteiger partial charge in [0.05, 0.1) is 5.52 Å². The molecular weight excluding hydrogens is 369 g/mol. The molecule has 1 aliphatic heterocycles. The van der Waals surface area contributed by atoms with Crippen molar-refractivity contribution in [2.75, 3.05) is 0 Å². The summed E-state index contributed by atoms with van der Waals surface area (Å²) in [6.07, 6.45) is 5.38. The van der Waals surface area contributed by atoms with E-state index in [1.165, 1.54) is 24.0 Å². The van der Waals surface area contributed by atoms with Crippen LogP contribution < -0.4 is 0 Å². The van der Waals surface area contributed by atoms with Crippen molar-refractivity contribution in [1.29, 1.82) is 0 Å². The molecule has 2 aromatic rings. The Morgan fingerprint density at radius 1 is 1.17 bits per heavy atom. The van der Waals surface area contributed by atoms with Crippen molar-refractivity contribution in [2.24, 2.45) is 0 Å². The minimum absolute atomic E-state index is 0.0347. The first kappa shape index (κ1) is 22.7. The zero-order valence-corrected chi connectivity index (χ0v) is 17.8. The predicted molar refractivity (Wildman–Crippen MR) is 113 cm³/mol. The Hall–Kier alpha value is -2.56. The van der Waals surface area contributed by atoms with Gasteiger partial charge in [-0.2, -0.15) is 0 Å².